The second kappa shape index (κ2) is 4.82. The van der Waals surface area contributed by atoms with E-state index < -0.39 is 4.92 Å². The van der Waals surface area contributed by atoms with E-state index in [9.17, 15) is 10.1 Å². The molecule has 1 aromatic carbocycles. The molecule has 0 saturated heterocycles. The first-order chi connectivity index (χ1) is 7.65. The molecule has 4 nitrogen and oxygen atoms in total. The topological polar surface area (TPSA) is 56.0 Å². The van der Waals surface area contributed by atoms with Crippen molar-refractivity contribution in [2.45, 2.75) is 9.24 Å². The highest BCUT2D eigenvalue weighted by Gasteiger charge is 2.06. The summed E-state index contributed by atoms with van der Waals surface area (Å²) in [5.74, 6) is 0. The minimum atomic E-state index is -0.422. The van der Waals surface area contributed by atoms with Crippen LogP contribution in [0.15, 0.2) is 38.9 Å². The monoisotopic (exact) mass is 272 g/mol. The summed E-state index contributed by atoms with van der Waals surface area (Å²) >= 11 is 8.56. The maximum absolute atomic E-state index is 10.4. The van der Waals surface area contributed by atoms with E-state index in [1.54, 1.807) is 17.5 Å². The maximum atomic E-state index is 10.4. The molecule has 0 fully saturated rings. The van der Waals surface area contributed by atoms with Crippen molar-refractivity contribution in [2.24, 2.45) is 0 Å². The zero-order valence-corrected chi connectivity index (χ0v) is 10.2. The lowest BCUT2D eigenvalue weighted by Crippen LogP contribution is -1.86. The van der Waals surface area contributed by atoms with Gasteiger partial charge in [-0.25, -0.2) is 4.98 Å². The van der Waals surface area contributed by atoms with Crippen LogP contribution in [0.4, 0.5) is 5.69 Å². The van der Waals surface area contributed by atoms with E-state index >= 15 is 0 Å². The van der Waals surface area contributed by atoms with E-state index in [0.717, 1.165) is 9.24 Å². The van der Waals surface area contributed by atoms with E-state index in [2.05, 4.69) is 4.98 Å². The smallest absolute Gasteiger partial charge is 0.258 e. The summed E-state index contributed by atoms with van der Waals surface area (Å²) < 4.78 is 0.818. The van der Waals surface area contributed by atoms with Crippen molar-refractivity contribution < 1.29 is 4.92 Å². The van der Waals surface area contributed by atoms with Crippen molar-refractivity contribution in [1.29, 1.82) is 0 Å². The standard InChI is InChI=1S/C9H5ClN2O2S2/c10-8-5-15-9(11-8)16-7-3-1-6(2-4-7)12(13)14/h1-5H. The normalized spacial score (nSPS) is 10.3. The molecule has 0 spiro atoms. The Morgan fingerprint density at radius 2 is 2.06 bits per heavy atom. The predicted molar refractivity (Wildman–Crippen MR) is 64.3 cm³/mol. The van der Waals surface area contributed by atoms with Crippen LogP contribution < -0.4 is 0 Å². The average molecular weight is 273 g/mol. The Morgan fingerprint density at radius 1 is 1.38 bits per heavy atom. The maximum Gasteiger partial charge on any atom is 0.269 e. The van der Waals surface area contributed by atoms with Crippen LogP contribution in [0.25, 0.3) is 0 Å². The Labute approximate surface area is 104 Å². The number of halogens is 1. The van der Waals surface area contributed by atoms with E-state index in [0.29, 0.717) is 5.15 Å². The van der Waals surface area contributed by atoms with Gasteiger partial charge in [-0.1, -0.05) is 23.4 Å². The third-order valence-electron chi connectivity index (χ3n) is 1.71. The number of rotatable bonds is 3. The average Bonchev–Trinajstić information content (AvgIpc) is 2.65. The molecular weight excluding hydrogens is 268 g/mol. The molecule has 1 heterocycles. The number of nitrogens with zero attached hydrogens (tertiary/aromatic N) is 2. The van der Waals surface area contributed by atoms with Gasteiger partial charge in [-0.2, -0.15) is 0 Å². The summed E-state index contributed by atoms with van der Waals surface area (Å²) in [4.78, 5) is 15.0. The number of benzene rings is 1. The molecule has 0 N–H and O–H groups in total. The highest BCUT2D eigenvalue weighted by Crippen LogP contribution is 2.32. The van der Waals surface area contributed by atoms with Crippen LogP contribution in [0.5, 0.6) is 0 Å². The number of hydrogen-bond acceptors (Lipinski definition) is 5. The first-order valence-corrected chi connectivity index (χ1v) is 6.26. The first-order valence-electron chi connectivity index (χ1n) is 4.18. The Bertz CT molecular complexity index is 512. The van der Waals surface area contributed by atoms with Crippen LogP contribution in [-0.2, 0) is 0 Å². The lowest BCUT2D eigenvalue weighted by Gasteiger charge is -1.96. The summed E-state index contributed by atoms with van der Waals surface area (Å²) in [5, 5.41) is 12.7. The number of hydrogen-bond donors (Lipinski definition) is 0. The van der Waals surface area contributed by atoms with Gasteiger partial charge in [0.05, 0.1) is 4.92 Å². The fourth-order valence-corrected chi connectivity index (χ4v) is 2.99. The molecule has 1 aromatic heterocycles. The highest BCUT2D eigenvalue weighted by molar-refractivity contribution is 8.01. The lowest BCUT2D eigenvalue weighted by molar-refractivity contribution is -0.384. The van der Waals surface area contributed by atoms with E-state index in [1.807, 2.05) is 0 Å². The van der Waals surface area contributed by atoms with Gasteiger partial charge in [0, 0.05) is 22.4 Å². The molecule has 7 heteroatoms. The molecule has 16 heavy (non-hydrogen) atoms. The summed E-state index contributed by atoms with van der Waals surface area (Å²) in [7, 11) is 0. The molecule has 0 bridgehead atoms. The summed E-state index contributed by atoms with van der Waals surface area (Å²) in [5.41, 5.74) is 0.0847. The molecule has 2 rings (SSSR count). The number of aromatic nitrogens is 1. The van der Waals surface area contributed by atoms with Crippen molar-refractivity contribution in [3.05, 3.63) is 44.9 Å². The van der Waals surface area contributed by atoms with Crippen LogP contribution in [0.3, 0.4) is 0 Å². The van der Waals surface area contributed by atoms with Gasteiger partial charge in [-0.15, -0.1) is 11.3 Å². The Morgan fingerprint density at radius 3 is 2.56 bits per heavy atom. The third-order valence-corrected chi connectivity index (χ3v) is 3.98. The minimum Gasteiger partial charge on any atom is -0.258 e. The fourth-order valence-electron chi connectivity index (χ4n) is 1.02. The van der Waals surface area contributed by atoms with Gasteiger partial charge in [0.2, 0.25) is 0 Å². The molecule has 0 amide bonds. The van der Waals surface area contributed by atoms with Crippen LogP contribution in [0.1, 0.15) is 0 Å². The van der Waals surface area contributed by atoms with Gasteiger partial charge >= 0.3 is 0 Å². The molecule has 2 aromatic rings. The molecule has 0 saturated carbocycles. The van der Waals surface area contributed by atoms with Crippen LogP contribution in [-0.4, -0.2) is 9.91 Å². The van der Waals surface area contributed by atoms with Crippen LogP contribution in [0.2, 0.25) is 5.15 Å². The summed E-state index contributed by atoms with van der Waals surface area (Å²) in [6.45, 7) is 0. The van der Waals surface area contributed by atoms with E-state index in [-0.39, 0.29) is 5.69 Å². The number of nitro groups is 1. The number of non-ortho nitro benzene ring substituents is 1. The lowest BCUT2D eigenvalue weighted by atomic mass is 10.3. The zero-order chi connectivity index (χ0) is 11.5. The molecule has 0 radical (unpaired) electrons. The van der Waals surface area contributed by atoms with Crippen LogP contribution in [0, 0.1) is 10.1 Å². The Balaban J connectivity index is 2.14. The van der Waals surface area contributed by atoms with Crippen molar-refractivity contribution >= 4 is 40.4 Å². The van der Waals surface area contributed by atoms with E-state index in [1.165, 1.54) is 35.2 Å². The number of thiazole rings is 1. The Kier molecular flexibility index (Phi) is 3.42. The summed E-state index contributed by atoms with van der Waals surface area (Å²) in [6, 6.07) is 6.32. The van der Waals surface area contributed by atoms with Gasteiger partial charge in [-0.05, 0) is 12.1 Å². The first kappa shape index (κ1) is 11.4. The van der Waals surface area contributed by atoms with Crippen molar-refractivity contribution in [3.8, 4) is 0 Å². The quantitative estimate of drug-likeness (QED) is 0.629. The highest BCUT2D eigenvalue weighted by atomic mass is 35.5. The molecule has 0 unspecified atom stereocenters. The SMILES string of the molecule is O=[N+]([O-])c1ccc(Sc2nc(Cl)cs2)cc1. The second-order valence-electron chi connectivity index (χ2n) is 2.79. The van der Waals surface area contributed by atoms with E-state index in [4.69, 9.17) is 11.6 Å². The molecular formula is C9H5ClN2O2S2. The summed E-state index contributed by atoms with van der Waals surface area (Å²) in [6.07, 6.45) is 0. The van der Waals surface area contributed by atoms with Crippen molar-refractivity contribution in [2.75, 3.05) is 0 Å². The van der Waals surface area contributed by atoms with Gasteiger partial charge in [0.1, 0.15) is 5.15 Å². The van der Waals surface area contributed by atoms with Gasteiger partial charge in [0.15, 0.2) is 4.34 Å². The number of nitro benzene ring substituents is 1. The largest absolute Gasteiger partial charge is 0.269 e. The molecule has 0 aliphatic heterocycles. The predicted octanol–water partition coefficient (Wildman–Crippen LogP) is 3.86. The third kappa shape index (κ3) is 2.72. The zero-order valence-electron chi connectivity index (χ0n) is 7.79. The van der Waals surface area contributed by atoms with Gasteiger partial charge < -0.3 is 0 Å². The molecule has 0 aliphatic carbocycles. The fraction of sp³-hybridized carbons (Fsp3) is 0. The Hall–Kier alpha value is -1.11. The van der Waals surface area contributed by atoms with Crippen molar-refractivity contribution in [3.63, 3.8) is 0 Å². The molecule has 82 valence electrons. The molecule has 0 aliphatic rings. The van der Waals surface area contributed by atoms with Gasteiger partial charge in [0.25, 0.3) is 5.69 Å². The molecule has 0 atom stereocenters. The van der Waals surface area contributed by atoms with Gasteiger partial charge in [-0.3, -0.25) is 10.1 Å². The minimum absolute atomic E-state index is 0.0847. The van der Waals surface area contributed by atoms with Crippen molar-refractivity contribution in [1.82, 2.24) is 4.98 Å². The van der Waals surface area contributed by atoms with Crippen LogP contribution >= 0.6 is 34.7 Å². The second-order valence-corrected chi connectivity index (χ2v) is 5.36.